The summed E-state index contributed by atoms with van der Waals surface area (Å²) in [4.78, 5) is 0. The van der Waals surface area contributed by atoms with Crippen LogP contribution in [-0.2, 0) is 38.7 Å². The van der Waals surface area contributed by atoms with E-state index in [0.29, 0.717) is 0 Å². The first-order valence-corrected chi connectivity index (χ1v) is 0. The van der Waals surface area contributed by atoms with E-state index < -0.39 is 0 Å². The first-order valence-electron chi connectivity index (χ1n) is 0. The molecule has 0 bridgehead atoms. The molecule has 0 rings (SSSR count). The molecule has 0 atom stereocenters. The van der Waals surface area contributed by atoms with E-state index in [9.17, 15) is 0 Å². The van der Waals surface area contributed by atoms with E-state index in [-0.39, 0.29) is 49.6 Å². The van der Waals surface area contributed by atoms with Crippen LogP contribution in [0.25, 0.3) is 0 Å². The summed E-state index contributed by atoms with van der Waals surface area (Å²) in [6.45, 7) is 0. The van der Waals surface area contributed by atoms with Crippen molar-refractivity contribution in [2.45, 2.75) is 0 Å². The van der Waals surface area contributed by atoms with Crippen molar-refractivity contribution in [2.75, 3.05) is 0 Å². The predicted molar refractivity (Wildman–Crippen MR) is 26.7 cm³/mol. The molecule has 55 valence electrons. The average molecular weight is 171 g/mol. The van der Waals surface area contributed by atoms with E-state index in [1.165, 1.54) is 0 Å². The van der Waals surface area contributed by atoms with Crippen LogP contribution in [0.1, 0.15) is 0 Å². The number of hydrogen-bond donors (Lipinski definition) is 0. The third kappa shape index (κ3) is 1610. The Morgan fingerprint density at radius 3 is 0.429 bits per heavy atom. The molecule has 0 spiro atoms. The first kappa shape index (κ1) is 4020. The van der Waals surface area contributed by atoms with Gasteiger partial charge in [-0.25, -0.2) is 0 Å². The average Bonchev–Trinajstić information content (AvgIpc) is 0. The molecule has 0 aliphatic carbocycles. The van der Waals surface area contributed by atoms with Crippen LogP contribution in [0, 0.1) is 0 Å². The molecule has 0 saturated heterocycles. The van der Waals surface area contributed by atoms with Crippen LogP contribution in [0.2, 0.25) is 0 Å². The summed E-state index contributed by atoms with van der Waals surface area (Å²) in [5.74, 6) is 0. The van der Waals surface area contributed by atoms with Crippen LogP contribution in [0.3, 0.4) is 0 Å². The van der Waals surface area contributed by atoms with Crippen molar-refractivity contribution in [1.29, 1.82) is 0 Å². The smallest absolute Gasteiger partial charge is 0.457 e. The van der Waals surface area contributed by atoms with E-state index in [1.54, 1.807) is 0 Å². The van der Waals surface area contributed by atoms with Gasteiger partial charge in [-0.2, -0.15) is 0 Å². The predicted octanol–water partition coefficient (Wildman–Crippen LogP) is -5.34. The quantitative estimate of drug-likeness (QED) is 0.314. The summed E-state index contributed by atoms with van der Waals surface area (Å²) in [5, 5.41) is 0. The summed E-state index contributed by atoms with van der Waals surface area (Å²) in [6.07, 6.45) is 0. The molecule has 1 radical (unpaired) electrons. The Hall–Kier alpha value is 0.266. The maximum absolute atomic E-state index is 0. The summed E-state index contributed by atoms with van der Waals surface area (Å²) < 4.78 is 0. The molecule has 7 heavy (non-hydrogen) atoms. The van der Waals surface area contributed by atoms with Gasteiger partial charge in [-0.05, 0) is 0 Å². The largest absolute Gasteiger partial charge is 2.00 e. The maximum Gasteiger partial charge on any atom is 2.00 e. The second-order valence-electron chi connectivity index (χ2n) is 0. The van der Waals surface area contributed by atoms with Crippen molar-refractivity contribution in [1.82, 2.24) is 0 Å². The van der Waals surface area contributed by atoms with Gasteiger partial charge in [-0.15, -0.1) is 0 Å². The standard InChI is InChI=1S/Co.6H2O/h;6*1H2/q+2;;;;;;/p+4. The Labute approximate surface area is 50.6 Å². The Bertz CT molecular complexity index is 4.14. The van der Waals surface area contributed by atoms with Gasteiger partial charge in [0.25, 0.3) is 0 Å². The molecule has 7 heteroatoms. The van der Waals surface area contributed by atoms with Gasteiger partial charge in [0.2, 0.25) is 0 Å². The second-order valence-corrected chi connectivity index (χ2v) is 0. The molecule has 0 unspecified atom stereocenters. The maximum atomic E-state index is 0. The molecule has 0 aromatic carbocycles. The fourth-order valence-corrected chi connectivity index (χ4v) is 0. The van der Waals surface area contributed by atoms with E-state index in [1.807, 2.05) is 0 Å². The fourth-order valence-electron chi connectivity index (χ4n) is 0. The van der Waals surface area contributed by atoms with Crippen LogP contribution in [0.5, 0.6) is 0 Å². The van der Waals surface area contributed by atoms with E-state index in [2.05, 4.69) is 0 Å². The molecule has 6 nitrogen and oxygen atoms in total. The molecule has 16 N–H and O–H groups in total. The molecule has 0 aliphatic rings. The Kier molecular flexibility index (Phi) is 1400000. The fraction of sp³-hybridized carbons (Fsp3) is 0. The summed E-state index contributed by atoms with van der Waals surface area (Å²) in [6, 6.07) is 0. The minimum absolute atomic E-state index is 0. The van der Waals surface area contributed by atoms with Crippen molar-refractivity contribution >= 4 is 0 Å². The van der Waals surface area contributed by atoms with Gasteiger partial charge in [0.1, 0.15) is 0 Å². The van der Waals surface area contributed by atoms with E-state index >= 15 is 0 Å². The molecular formula is H16CoO6+6. The van der Waals surface area contributed by atoms with Crippen LogP contribution >= 0.6 is 0 Å². The second kappa shape index (κ2) is 2450. The Morgan fingerprint density at radius 2 is 0.429 bits per heavy atom. The molecule has 0 aromatic heterocycles. The number of rotatable bonds is 0. The molecule has 0 saturated carbocycles. The Morgan fingerprint density at radius 1 is 0.429 bits per heavy atom. The summed E-state index contributed by atoms with van der Waals surface area (Å²) in [5.41, 5.74) is 0. The van der Waals surface area contributed by atoms with Crippen LogP contribution < -0.4 is 0 Å². The van der Waals surface area contributed by atoms with Gasteiger partial charge < -0.3 is 32.9 Å². The van der Waals surface area contributed by atoms with Crippen LogP contribution in [0.4, 0.5) is 0 Å². The number of hydrogen-bond acceptors (Lipinski definition) is 0. The third-order valence-corrected chi connectivity index (χ3v) is 0. The van der Waals surface area contributed by atoms with Gasteiger partial charge in [-0.1, -0.05) is 0 Å². The van der Waals surface area contributed by atoms with Crippen molar-refractivity contribution in [2.24, 2.45) is 0 Å². The van der Waals surface area contributed by atoms with Gasteiger partial charge >= 0.3 is 16.8 Å². The normalized spacial score (nSPS) is 0. The van der Waals surface area contributed by atoms with Gasteiger partial charge in [0.15, 0.2) is 0 Å². The SMILES string of the molecule is O.O.[Co+2].[OH3+].[OH3+].[OH3+].[OH3+]. The Balaban J connectivity index is 0. The summed E-state index contributed by atoms with van der Waals surface area (Å²) >= 11 is 0. The third-order valence-electron chi connectivity index (χ3n) is 0. The van der Waals surface area contributed by atoms with E-state index in [4.69, 9.17) is 0 Å². The first-order chi connectivity index (χ1) is 0. The molecule has 0 aromatic rings. The van der Waals surface area contributed by atoms with Crippen molar-refractivity contribution in [3.05, 3.63) is 0 Å². The molecular weight excluding hydrogens is 155 g/mol. The van der Waals surface area contributed by atoms with Crippen molar-refractivity contribution < 1.29 is 49.6 Å². The van der Waals surface area contributed by atoms with Gasteiger partial charge in [0.05, 0.1) is 0 Å². The summed E-state index contributed by atoms with van der Waals surface area (Å²) in [7, 11) is 0. The molecule has 0 fully saturated rings. The monoisotopic (exact) mass is 171 g/mol. The van der Waals surface area contributed by atoms with Crippen molar-refractivity contribution in [3.63, 3.8) is 0 Å². The van der Waals surface area contributed by atoms with Crippen LogP contribution in [0.15, 0.2) is 0 Å². The topological polar surface area (TPSA) is 195 Å². The minimum Gasteiger partial charge on any atom is -0.457 e. The minimum atomic E-state index is 0. The van der Waals surface area contributed by atoms with Crippen molar-refractivity contribution in [3.8, 4) is 0 Å². The zero-order valence-electron chi connectivity index (χ0n) is 3.64. The molecule has 0 aliphatic heterocycles. The zero-order chi connectivity index (χ0) is 0. The zero-order valence-corrected chi connectivity index (χ0v) is 4.68. The molecule has 0 amide bonds. The molecule has 0 heterocycles. The van der Waals surface area contributed by atoms with Gasteiger partial charge in [0, 0.05) is 0 Å². The van der Waals surface area contributed by atoms with E-state index in [0.717, 1.165) is 0 Å². The van der Waals surface area contributed by atoms with Gasteiger partial charge in [-0.3, -0.25) is 0 Å². The van der Waals surface area contributed by atoms with Crippen LogP contribution in [-0.4, -0.2) is 11.0 Å².